The molecular formula is C9H14BrN3S. The van der Waals surface area contributed by atoms with Crippen LogP contribution in [0.1, 0.15) is 31.5 Å². The fourth-order valence-corrected chi connectivity index (χ4v) is 2.62. The predicted molar refractivity (Wildman–Crippen MR) is 63.6 cm³/mol. The fourth-order valence-electron chi connectivity index (χ4n) is 1.35. The maximum absolute atomic E-state index is 4.57. The number of hydrogen-bond donors (Lipinski definition) is 0. The summed E-state index contributed by atoms with van der Waals surface area (Å²) < 4.78 is 4.40. The molecule has 0 spiro atoms. The molecule has 5 heteroatoms. The molecule has 1 heterocycles. The van der Waals surface area contributed by atoms with Crippen molar-refractivity contribution in [3.05, 3.63) is 5.82 Å². The number of rotatable bonds is 5. The summed E-state index contributed by atoms with van der Waals surface area (Å²) in [5, 5.41) is 2.06. The quantitative estimate of drug-likeness (QED) is 0.774. The van der Waals surface area contributed by atoms with Crippen molar-refractivity contribution in [2.24, 2.45) is 0 Å². The highest BCUT2D eigenvalue weighted by molar-refractivity contribution is 9.09. The Hall–Kier alpha value is -0.160. The van der Waals surface area contributed by atoms with E-state index < -0.39 is 0 Å². The van der Waals surface area contributed by atoms with Gasteiger partial charge in [0.1, 0.15) is 5.82 Å². The molecule has 0 amide bonds. The van der Waals surface area contributed by atoms with E-state index in [-0.39, 0.29) is 0 Å². The van der Waals surface area contributed by atoms with E-state index in [2.05, 4.69) is 37.1 Å². The molecule has 0 aromatic carbocycles. The van der Waals surface area contributed by atoms with E-state index in [0.717, 1.165) is 29.4 Å². The van der Waals surface area contributed by atoms with Crippen LogP contribution in [0.5, 0.6) is 0 Å². The van der Waals surface area contributed by atoms with Crippen LogP contribution in [0.15, 0.2) is 0 Å². The van der Waals surface area contributed by atoms with Crippen molar-refractivity contribution in [2.45, 2.75) is 25.7 Å². The Morgan fingerprint density at radius 3 is 2.93 bits per heavy atom. The molecular weight excluding hydrogens is 262 g/mol. The molecule has 0 N–H and O–H groups in total. The van der Waals surface area contributed by atoms with Gasteiger partial charge in [-0.15, -0.1) is 0 Å². The zero-order valence-electron chi connectivity index (χ0n) is 8.24. The van der Waals surface area contributed by atoms with E-state index in [1.165, 1.54) is 24.4 Å². The summed E-state index contributed by atoms with van der Waals surface area (Å²) in [6.07, 6.45) is 2.56. The Kier molecular flexibility index (Phi) is 3.38. The largest absolute Gasteiger partial charge is 0.346 e. The lowest BCUT2D eigenvalue weighted by Gasteiger charge is -2.16. The van der Waals surface area contributed by atoms with Crippen LogP contribution in [-0.4, -0.2) is 27.8 Å². The third-order valence-corrected chi connectivity index (χ3v) is 3.53. The summed E-state index contributed by atoms with van der Waals surface area (Å²) in [5.41, 5.74) is 0. The van der Waals surface area contributed by atoms with E-state index in [1.807, 2.05) is 0 Å². The third-order valence-electron chi connectivity index (χ3n) is 2.38. The van der Waals surface area contributed by atoms with Crippen LogP contribution in [0.2, 0.25) is 0 Å². The standard InChI is InChI=1S/C9H14BrN3S/c1-2-13(6-5-10)9-11-8(12-14-9)7-3-4-7/h7H,2-6H2,1H3. The Balaban J connectivity index is 2.05. The highest BCUT2D eigenvalue weighted by Gasteiger charge is 2.28. The summed E-state index contributed by atoms with van der Waals surface area (Å²) in [5.74, 6) is 1.74. The van der Waals surface area contributed by atoms with Crippen LogP contribution in [0.4, 0.5) is 5.13 Å². The van der Waals surface area contributed by atoms with Gasteiger partial charge in [0.15, 0.2) is 0 Å². The first-order chi connectivity index (χ1) is 6.85. The Morgan fingerprint density at radius 1 is 1.57 bits per heavy atom. The predicted octanol–water partition coefficient (Wildman–Crippen LogP) is 2.64. The highest BCUT2D eigenvalue weighted by Crippen LogP contribution is 2.39. The summed E-state index contributed by atoms with van der Waals surface area (Å²) >= 11 is 4.99. The van der Waals surface area contributed by atoms with Gasteiger partial charge < -0.3 is 4.90 Å². The zero-order valence-corrected chi connectivity index (χ0v) is 10.6. The van der Waals surface area contributed by atoms with Crippen LogP contribution < -0.4 is 4.90 Å². The molecule has 78 valence electrons. The molecule has 1 aliphatic carbocycles. The topological polar surface area (TPSA) is 29.0 Å². The molecule has 2 rings (SSSR count). The second-order valence-electron chi connectivity index (χ2n) is 3.48. The first-order valence-electron chi connectivity index (χ1n) is 4.99. The smallest absolute Gasteiger partial charge is 0.205 e. The van der Waals surface area contributed by atoms with Crippen molar-refractivity contribution in [3.63, 3.8) is 0 Å². The number of alkyl halides is 1. The van der Waals surface area contributed by atoms with Crippen molar-refractivity contribution < 1.29 is 0 Å². The molecule has 0 unspecified atom stereocenters. The minimum absolute atomic E-state index is 0.669. The second-order valence-corrected chi connectivity index (χ2v) is 5.00. The molecule has 1 saturated carbocycles. The first kappa shape index (κ1) is 10.4. The molecule has 1 aromatic rings. The maximum Gasteiger partial charge on any atom is 0.205 e. The van der Waals surface area contributed by atoms with Crippen molar-refractivity contribution in [2.75, 3.05) is 23.3 Å². The highest BCUT2D eigenvalue weighted by atomic mass is 79.9. The lowest BCUT2D eigenvalue weighted by atomic mass is 10.4. The molecule has 3 nitrogen and oxygen atoms in total. The van der Waals surface area contributed by atoms with E-state index >= 15 is 0 Å². The van der Waals surface area contributed by atoms with Gasteiger partial charge in [0.25, 0.3) is 0 Å². The van der Waals surface area contributed by atoms with Crippen LogP contribution >= 0.6 is 27.5 Å². The average Bonchev–Trinajstić information content (AvgIpc) is 2.94. The normalized spacial score (nSPS) is 15.9. The maximum atomic E-state index is 4.57. The van der Waals surface area contributed by atoms with Crippen molar-refractivity contribution >= 4 is 32.6 Å². The zero-order chi connectivity index (χ0) is 9.97. The van der Waals surface area contributed by atoms with Crippen LogP contribution in [-0.2, 0) is 0 Å². The van der Waals surface area contributed by atoms with Crippen molar-refractivity contribution in [1.29, 1.82) is 0 Å². The number of halogens is 1. The fraction of sp³-hybridized carbons (Fsp3) is 0.778. The van der Waals surface area contributed by atoms with E-state index in [9.17, 15) is 0 Å². The van der Waals surface area contributed by atoms with Gasteiger partial charge in [-0.25, -0.2) is 4.98 Å². The molecule has 0 bridgehead atoms. The van der Waals surface area contributed by atoms with Gasteiger partial charge in [0, 0.05) is 35.9 Å². The molecule has 1 aromatic heterocycles. The number of nitrogens with zero attached hydrogens (tertiary/aromatic N) is 3. The Bertz CT molecular complexity index is 298. The SMILES string of the molecule is CCN(CCBr)c1nc(C2CC2)ns1. The van der Waals surface area contributed by atoms with Gasteiger partial charge in [0.2, 0.25) is 5.13 Å². The number of anilines is 1. The molecule has 0 aliphatic heterocycles. The van der Waals surface area contributed by atoms with E-state index in [1.54, 1.807) is 0 Å². The number of hydrogen-bond acceptors (Lipinski definition) is 4. The molecule has 14 heavy (non-hydrogen) atoms. The molecule has 1 fully saturated rings. The summed E-state index contributed by atoms with van der Waals surface area (Å²) in [4.78, 5) is 6.84. The minimum atomic E-state index is 0.669. The third kappa shape index (κ3) is 2.25. The van der Waals surface area contributed by atoms with Crippen LogP contribution in [0.3, 0.4) is 0 Å². The van der Waals surface area contributed by atoms with Gasteiger partial charge in [-0.05, 0) is 19.8 Å². The minimum Gasteiger partial charge on any atom is -0.346 e. The Morgan fingerprint density at radius 2 is 2.36 bits per heavy atom. The molecule has 1 aliphatic rings. The summed E-state index contributed by atoms with van der Waals surface area (Å²) in [6, 6.07) is 0. The van der Waals surface area contributed by atoms with E-state index in [4.69, 9.17) is 0 Å². The van der Waals surface area contributed by atoms with Crippen molar-refractivity contribution in [3.8, 4) is 0 Å². The second kappa shape index (κ2) is 4.57. The molecule has 0 radical (unpaired) electrons. The van der Waals surface area contributed by atoms with E-state index in [0.29, 0.717) is 5.92 Å². The van der Waals surface area contributed by atoms with Gasteiger partial charge in [0.05, 0.1) is 0 Å². The van der Waals surface area contributed by atoms with Gasteiger partial charge >= 0.3 is 0 Å². The van der Waals surface area contributed by atoms with Gasteiger partial charge in [-0.1, -0.05) is 15.9 Å². The van der Waals surface area contributed by atoms with Gasteiger partial charge in [-0.3, -0.25) is 0 Å². The van der Waals surface area contributed by atoms with Crippen LogP contribution in [0, 0.1) is 0 Å². The summed E-state index contributed by atoms with van der Waals surface area (Å²) in [7, 11) is 0. The molecule has 0 saturated heterocycles. The average molecular weight is 276 g/mol. The lowest BCUT2D eigenvalue weighted by molar-refractivity contribution is 0.857. The number of aromatic nitrogens is 2. The monoisotopic (exact) mass is 275 g/mol. The Labute approximate surface area is 96.8 Å². The molecule has 0 atom stereocenters. The van der Waals surface area contributed by atoms with Crippen LogP contribution in [0.25, 0.3) is 0 Å². The summed E-state index contributed by atoms with van der Waals surface area (Å²) in [6.45, 7) is 4.17. The lowest BCUT2D eigenvalue weighted by Crippen LogP contribution is -2.24. The first-order valence-corrected chi connectivity index (χ1v) is 6.89. The van der Waals surface area contributed by atoms with Gasteiger partial charge in [-0.2, -0.15) is 4.37 Å². The van der Waals surface area contributed by atoms with Crippen molar-refractivity contribution in [1.82, 2.24) is 9.36 Å².